The second-order valence-corrected chi connectivity index (χ2v) is 6.65. The van der Waals surface area contributed by atoms with Gasteiger partial charge in [-0.25, -0.2) is 0 Å². The van der Waals surface area contributed by atoms with Gasteiger partial charge < -0.3 is 14.8 Å². The fourth-order valence-electron chi connectivity index (χ4n) is 2.64. The summed E-state index contributed by atoms with van der Waals surface area (Å²) in [5.74, 6) is 2.38. The Bertz CT molecular complexity index is 718. The zero-order valence-electron chi connectivity index (χ0n) is 15.7. The minimum atomic E-state index is -0.0380. The Hall–Kier alpha value is -2.14. The van der Waals surface area contributed by atoms with Gasteiger partial charge in [-0.15, -0.1) is 0 Å². The number of amides is 1. The summed E-state index contributed by atoms with van der Waals surface area (Å²) in [6.45, 7) is 5.67. The normalized spacial score (nSPS) is 10.4. The van der Waals surface area contributed by atoms with Gasteiger partial charge in [-0.1, -0.05) is 18.2 Å². The highest BCUT2D eigenvalue weighted by Crippen LogP contribution is 2.28. The molecule has 2 rings (SSSR count). The predicted molar refractivity (Wildman–Crippen MR) is 108 cm³/mol. The Labute approximate surface area is 160 Å². The van der Waals surface area contributed by atoms with Crippen LogP contribution in [0.2, 0.25) is 0 Å². The Morgan fingerprint density at radius 3 is 2.50 bits per heavy atom. The molecule has 2 aromatic rings. The van der Waals surface area contributed by atoms with Crippen LogP contribution in [0.4, 0.5) is 0 Å². The zero-order chi connectivity index (χ0) is 18.8. The van der Waals surface area contributed by atoms with E-state index < -0.39 is 0 Å². The molecule has 0 spiro atoms. The van der Waals surface area contributed by atoms with Gasteiger partial charge in [0, 0.05) is 17.9 Å². The number of nitrogens with one attached hydrogen (secondary N) is 1. The van der Waals surface area contributed by atoms with Crippen LogP contribution in [-0.2, 0) is 12.2 Å². The van der Waals surface area contributed by atoms with Crippen LogP contribution in [-0.4, -0.2) is 31.9 Å². The van der Waals surface area contributed by atoms with E-state index in [9.17, 15) is 4.79 Å². The van der Waals surface area contributed by atoms with E-state index in [1.165, 1.54) is 0 Å². The first-order valence-electron chi connectivity index (χ1n) is 8.92. The molecule has 0 aliphatic carbocycles. The summed E-state index contributed by atoms with van der Waals surface area (Å²) in [5.41, 5.74) is 2.98. The number of benzene rings is 2. The third-order valence-electron chi connectivity index (χ3n) is 3.81. The van der Waals surface area contributed by atoms with Gasteiger partial charge in [0.25, 0.3) is 5.91 Å². The van der Waals surface area contributed by atoms with E-state index in [1.807, 2.05) is 56.3 Å². The summed E-state index contributed by atoms with van der Waals surface area (Å²) in [4.78, 5) is 12.3. The van der Waals surface area contributed by atoms with Gasteiger partial charge in [0.2, 0.25) is 0 Å². The van der Waals surface area contributed by atoms with E-state index >= 15 is 0 Å². The largest absolute Gasteiger partial charge is 0.490 e. The van der Waals surface area contributed by atoms with E-state index in [0.717, 1.165) is 34.8 Å². The number of carbonyl (C=O) groups excluding carboxylic acids is 1. The number of thioether (sulfide) groups is 1. The van der Waals surface area contributed by atoms with Crippen LogP contribution in [0, 0.1) is 0 Å². The van der Waals surface area contributed by atoms with Gasteiger partial charge in [-0.3, -0.25) is 4.79 Å². The smallest absolute Gasteiger partial charge is 0.251 e. The SMILES string of the molecule is CCOc1ccc(CCNC(=O)c2cccc(CSC)c2)cc1OCC. The van der Waals surface area contributed by atoms with Crippen molar-refractivity contribution < 1.29 is 14.3 Å². The van der Waals surface area contributed by atoms with Crippen molar-refractivity contribution >= 4 is 17.7 Å². The molecule has 4 nitrogen and oxygen atoms in total. The van der Waals surface area contributed by atoms with Crippen LogP contribution in [0.15, 0.2) is 42.5 Å². The van der Waals surface area contributed by atoms with E-state index in [-0.39, 0.29) is 5.91 Å². The molecule has 5 heteroatoms. The fraction of sp³-hybridized carbons (Fsp3) is 0.381. The standard InChI is InChI=1S/C21H27NO3S/c1-4-24-19-10-9-16(14-20(19)25-5-2)11-12-22-21(23)18-8-6-7-17(13-18)15-26-3/h6-10,13-14H,4-5,11-12,15H2,1-3H3,(H,22,23). The monoisotopic (exact) mass is 373 g/mol. The summed E-state index contributed by atoms with van der Waals surface area (Å²) in [6, 6.07) is 13.7. The van der Waals surface area contributed by atoms with Crippen molar-refractivity contribution in [3.8, 4) is 11.5 Å². The molecule has 0 atom stereocenters. The highest BCUT2D eigenvalue weighted by atomic mass is 32.2. The quantitative estimate of drug-likeness (QED) is 0.674. The van der Waals surface area contributed by atoms with Crippen LogP contribution >= 0.6 is 11.8 Å². The van der Waals surface area contributed by atoms with Crippen molar-refractivity contribution in [2.24, 2.45) is 0 Å². The van der Waals surface area contributed by atoms with Gasteiger partial charge in [0.15, 0.2) is 11.5 Å². The average Bonchev–Trinajstić information content (AvgIpc) is 2.64. The molecule has 0 bridgehead atoms. The molecule has 26 heavy (non-hydrogen) atoms. The third kappa shape index (κ3) is 5.99. The molecule has 1 N–H and O–H groups in total. The van der Waals surface area contributed by atoms with Crippen LogP contribution in [0.1, 0.15) is 35.3 Å². The Morgan fingerprint density at radius 2 is 1.77 bits per heavy atom. The third-order valence-corrected chi connectivity index (χ3v) is 4.43. The first-order chi connectivity index (χ1) is 12.7. The van der Waals surface area contributed by atoms with Crippen molar-refractivity contribution in [3.63, 3.8) is 0 Å². The molecule has 0 saturated heterocycles. The molecule has 0 aliphatic heterocycles. The van der Waals surface area contributed by atoms with Crippen molar-refractivity contribution in [1.29, 1.82) is 0 Å². The highest BCUT2D eigenvalue weighted by molar-refractivity contribution is 7.97. The van der Waals surface area contributed by atoms with Crippen LogP contribution in [0.3, 0.4) is 0 Å². The molecular formula is C21H27NO3S. The lowest BCUT2D eigenvalue weighted by Crippen LogP contribution is -2.25. The summed E-state index contributed by atoms with van der Waals surface area (Å²) in [6.07, 6.45) is 2.79. The van der Waals surface area contributed by atoms with Gasteiger partial charge >= 0.3 is 0 Å². The maximum Gasteiger partial charge on any atom is 0.251 e. The fourth-order valence-corrected chi connectivity index (χ4v) is 3.16. The molecule has 0 saturated carbocycles. The molecule has 0 aromatic heterocycles. The molecular weight excluding hydrogens is 346 g/mol. The Kier molecular flexibility index (Phi) is 8.35. The molecule has 0 radical (unpaired) electrons. The summed E-state index contributed by atoms with van der Waals surface area (Å²) in [7, 11) is 0. The number of hydrogen-bond acceptors (Lipinski definition) is 4. The Balaban J connectivity index is 1.93. The van der Waals surface area contributed by atoms with Gasteiger partial charge in [0.05, 0.1) is 13.2 Å². The first kappa shape index (κ1) is 20.2. The van der Waals surface area contributed by atoms with Crippen LogP contribution in [0.5, 0.6) is 11.5 Å². The molecule has 1 amide bonds. The second kappa shape index (κ2) is 10.8. The number of ether oxygens (including phenoxy) is 2. The molecule has 0 heterocycles. The van der Waals surface area contributed by atoms with Gasteiger partial charge in [0.1, 0.15) is 0 Å². The topological polar surface area (TPSA) is 47.6 Å². The Morgan fingerprint density at radius 1 is 1.00 bits per heavy atom. The first-order valence-corrected chi connectivity index (χ1v) is 10.3. The molecule has 0 unspecified atom stereocenters. The highest BCUT2D eigenvalue weighted by Gasteiger charge is 2.08. The molecule has 0 aliphatic rings. The minimum absolute atomic E-state index is 0.0380. The van der Waals surface area contributed by atoms with E-state index in [2.05, 4.69) is 11.6 Å². The molecule has 140 valence electrons. The van der Waals surface area contributed by atoms with Crippen molar-refractivity contribution in [1.82, 2.24) is 5.32 Å². The summed E-state index contributed by atoms with van der Waals surface area (Å²) < 4.78 is 11.2. The number of rotatable bonds is 10. The van der Waals surface area contributed by atoms with Crippen molar-refractivity contribution in [2.45, 2.75) is 26.0 Å². The summed E-state index contributed by atoms with van der Waals surface area (Å²) >= 11 is 1.75. The summed E-state index contributed by atoms with van der Waals surface area (Å²) in [5, 5.41) is 2.99. The van der Waals surface area contributed by atoms with Gasteiger partial charge in [-0.05, 0) is 61.9 Å². The second-order valence-electron chi connectivity index (χ2n) is 5.79. The zero-order valence-corrected chi connectivity index (χ0v) is 16.5. The van der Waals surface area contributed by atoms with Crippen molar-refractivity contribution in [3.05, 3.63) is 59.2 Å². The van der Waals surface area contributed by atoms with E-state index in [1.54, 1.807) is 11.8 Å². The van der Waals surface area contributed by atoms with E-state index in [0.29, 0.717) is 25.3 Å². The van der Waals surface area contributed by atoms with Gasteiger partial charge in [-0.2, -0.15) is 11.8 Å². The maximum absolute atomic E-state index is 12.3. The predicted octanol–water partition coefficient (Wildman–Crippen LogP) is 4.32. The lowest BCUT2D eigenvalue weighted by Gasteiger charge is -2.13. The van der Waals surface area contributed by atoms with Crippen LogP contribution in [0.25, 0.3) is 0 Å². The number of carbonyl (C=O) groups is 1. The molecule has 0 fully saturated rings. The lowest BCUT2D eigenvalue weighted by atomic mass is 10.1. The minimum Gasteiger partial charge on any atom is -0.490 e. The average molecular weight is 374 g/mol. The molecule has 2 aromatic carbocycles. The van der Waals surface area contributed by atoms with Crippen molar-refractivity contribution in [2.75, 3.05) is 26.0 Å². The number of hydrogen-bond donors (Lipinski definition) is 1. The maximum atomic E-state index is 12.3. The lowest BCUT2D eigenvalue weighted by molar-refractivity contribution is 0.0954. The van der Waals surface area contributed by atoms with E-state index in [4.69, 9.17) is 9.47 Å². The van der Waals surface area contributed by atoms with Crippen LogP contribution < -0.4 is 14.8 Å².